The molecule has 0 aliphatic rings. The Hall–Kier alpha value is -1.57. The van der Waals surface area contributed by atoms with Gasteiger partial charge in [0.2, 0.25) is 5.13 Å². The Bertz CT molecular complexity index is 661. The highest BCUT2D eigenvalue weighted by Gasteiger charge is 2.20. The lowest BCUT2D eigenvalue weighted by Crippen LogP contribution is -2.32. The van der Waals surface area contributed by atoms with Crippen LogP contribution < -0.4 is 10.1 Å². The molecule has 1 unspecified atom stereocenters. The van der Waals surface area contributed by atoms with Gasteiger partial charge < -0.3 is 4.74 Å². The van der Waals surface area contributed by atoms with Gasteiger partial charge in [-0.1, -0.05) is 47.7 Å². The summed E-state index contributed by atoms with van der Waals surface area (Å²) in [6, 6.07) is 6.89. The molecule has 1 atom stereocenters. The van der Waals surface area contributed by atoms with Crippen molar-refractivity contribution >= 4 is 45.7 Å². The summed E-state index contributed by atoms with van der Waals surface area (Å²) in [5.41, 5.74) is 0. The van der Waals surface area contributed by atoms with Crippen molar-refractivity contribution in [3.63, 3.8) is 0 Å². The van der Waals surface area contributed by atoms with Crippen LogP contribution in [0, 0.1) is 0 Å². The van der Waals surface area contributed by atoms with E-state index in [-0.39, 0.29) is 5.91 Å². The van der Waals surface area contributed by atoms with Crippen molar-refractivity contribution in [3.05, 3.63) is 41.9 Å². The van der Waals surface area contributed by atoms with E-state index in [1.54, 1.807) is 30.3 Å². The minimum Gasteiger partial charge on any atom is -0.481 e. The number of hydrogen-bond donors (Lipinski definition) is 1. The fourth-order valence-corrected chi connectivity index (χ4v) is 3.28. The molecular formula is C15H16ClN3O2S2. The Morgan fingerprint density at radius 1 is 1.48 bits per heavy atom. The minimum atomic E-state index is -0.607. The van der Waals surface area contributed by atoms with Crippen LogP contribution in [0.5, 0.6) is 5.75 Å². The standard InChI is InChI=1S/C15H16ClN3O2S2/c1-3-9-22-15-19-18-14(23-15)17-13(20)12(4-2)21-11-7-5-10(16)6-8-11/h3,5-8,12H,1,4,9H2,2H3,(H,17,18,20). The number of hydrogen-bond acceptors (Lipinski definition) is 6. The van der Waals surface area contributed by atoms with Crippen LogP contribution in [0.2, 0.25) is 5.02 Å². The summed E-state index contributed by atoms with van der Waals surface area (Å²) < 4.78 is 6.48. The Kier molecular flexibility index (Phi) is 6.88. The molecule has 0 bridgehead atoms. The van der Waals surface area contributed by atoms with Gasteiger partial charge in [-0.2, -0.15) is 0 Å². The van der Waals surface area contributed by atoms with E-state index in [1.165, 1.54) is 23.1 Å². The molecule has 2 rings (SSSR count). The van der Waals surface area contributed by atoms with Crippen LogP contribution in [-0.2, 0) is 4.79 Å². The summed E-state index contributed by atoms with van der Waals surface area (Å²) in [5, 5.41) is 11.8. The largest absolute Gasteiger partial charge is 0.481 e. The molecule has 1 heterocycles. The van der Waals surface area contributed by atoms with Crippen LogP contribution >= 0.6 is 34.7 Å². The summed E-state index contributed by atoms with van der Waals surface area (Å²) in [6.07, 6.45) is 1.72. The SMILES string of the molecule is C=CCSc1nnc(NC(=O)C(CC)Oc2ccc(Cl)cc2)s1. The number of anilines is 1. The first-order chi connectivity index (χ1) is 11.1. The molecule has 122 valence electrons. The van der Waals surface area contributed by atoms with E-state index in [0.717, 1.165) is 10.1 Å². The summed E-state index contributed by atoms with van der Waals surface area (Å²) >= 11 is 8.68. The molecule has 1 N–H and O–H groups in total. The molecule has 0 saturated carbocycles. The summed E-state index contributed by atoms with van der Waals surface area (Å²) in [7, 11) is 0. The van der Waals surface area contributed by atoms with E-state index < -0.39 is 6.10 Å². The van der Waals surface area contributed by atoms with Crippen molar-refractivity contribution in [2.75, 3.05) is 11.1 Å². The number of benzene rings is 1. The van der Waals surface area contributed by atoms with E-state index >= 15 is 0 Å². The normalized spacial score (nSPS) is 11.7. The molecule has 0 aliphatic carbocycles. The maximum Gasteiger partial charge on any atom is 0.267 e. The number of amides is 1. The zero-order valence-corrected chi connectivity index (χ0v) is 14.9. The maximum absolute atomic E-state index is 12.3. The molecule has 8 heteroatoms. The summed E-state index contributed by atoms with van der Waals surface area (Å²) in [4.78, 5) is 12.3. The van der Waals surface area contributed by atoms with Crippen molar-refractivity contribution in [1.29, 1.82) is 0 Å². The van der Waals surface area contributed by atoms with E-state index in [4.69, 9.17) is 16.3 Å². The Balaban J connectivity index is 1.95. The molecule has 0 fully saturated rings. The fraction of sp³-hybridized carbons (Fsp3) is 0.267. The zero-order chi connectivity index (χ0) is 16.7. The smallest absolute Gasteiger partial charge is 0.267 e. The van der Waals surface area contributed by atoms with Crippen LogP contribution in [-0.4, -0.2) is 28.0 Å². The second-order valence-electron chi connectivity index (χ2n) is 4.43. The van der Waals surface area contributed by atoms with Crippen LogP contribution in [0.1, 0.15) is 13.3 Å². The molecule has 1 amide bonds. The van der Waals surface area contributed by atoms with Gasteiger partial charge in [0.05, 0.1) is 0 Å². The third-order valence-corrected chi connectivity index (χ3v) is 4.94. The van der Waals surface area contributed by atoms with Gasteiger partial charge in [-0.25, -0.2) is 0 Å². The lowest BCUT2D eigenvalue weighted by Gasteiger charge is -2.16. The third kappa shape index (κ3) is 5.53. The molecule has 0 radical (unpaired) electrons. The lowest BCUT2D eigenvalue weighted by molar-refractivity contribution is -0.122. The Morgan fingerprint density at radius 3 is 2.87 bits per heavy atom. The van der Waals surface area contributed by atoms with Gasteiger partial charge in [-0.3, -0.25) is 10.1 Å². The van der Waals surface area contributed by atoms with Gasteiger partial charge in [0.15, 0.2) is 10.4 Å². The number of nitrogens with zero attached hydrogens (tertiary/aromatic N) is 2. The Morgan fingerprint density at radius 2 is 2.22 bits per heavy atom. The van der Waals surface area contributed by atoms with Crippen molar-refractivity contribution in [3.8, 4) is 5.75 Å². The highest BCUT2D eigenvalue weighted by Crippen LogP contribution is 2.26. The number of carbonyl (C=O) groups excluding carboxylic acids is 1. The van der Waals surface area contributed by atoms with Crippen molar-refractivity contribution in [2.24, 2.45) is 0 Å². The third-order valence-electron chi connectivity index (χ3n) is 2.72. The molecular weight excluding hydrogens is 354 g/mol. The quantitative estimate of drug-likeness (QED) is 0.427. The molecule has 0 spiro atoms. The predicted octanol–water partition coefficient (Wildman–Crippen LogP) is 4.27. The number of ether oxygens (including phenoxy) is 1. The molecule has 0 aliphatic heterocycles. The van der Waals surface area contributed by atoms with Gasteiger partial charge in [-0.15, -0.1) is 16.8 Å². The number of halogens is 1. The first kappa shape index (κ1) is 17.8. The highest BCUT2D eigenvalue weighted by atomic mass is 35.5. The molecule has 5 nitrogen and oxygen atoms in total. The van der Waals surface area contributed by atoms with E-state index in [0.29, 0.717) is 22.3 Å². The van der Waals surface area contributed by atoms with Crippen molar-refractivity contribution < 1.29 is 9.53 Å². The van der Waals surface area contributed by atoms with Gasteiger partial charge in [0, 0.05) is 10.8 Å². The van der Waals surface area contributed by atoms with E-state index in [2.05, 4.69) is 22.1 Å². The number of rotatable bonds is 8. The number of carbonyl (C=O) groups is 1. The van der Waals surface area contributed by atoms with Gasteiger partial charge >= 0.3 is 0 Å². The Labute approximate surface area is 148 Å². The molecule has 1 aromatic heterocycles. The van der Waals surface area contributed by atoms with Gasteiger partial charge in [0.25, 0.3) is 5.91 Å². The molecule has 23 heavy (non-hydrogen) atoms. The number of thioether (sulfide) groups is 1. The maximum atomic E-state index is 12.3. The second-order valence-corrected chi connectivity index (χ2v) is 7.11. The average molecular weight is 370 g/mol. The monoisotopic (exact) mass is 369 g/mol. The average Bonchev–Trinajstić information content (AvgIpc) is 2.99. The number of nitrogens with one attached hydrogen (secondary N) is 1. The van der Waals surface area contributed by atoms with Gasteiger partial charge in [0.1, 0.15) is 5.75 Å². The van der Waals surface area contributed by atoms with Crippen LogP contribution in [0.25, 0.3) is 0 Å². The van der Waals surface area contributed by atoms with E-state index in [9.17, 15) is 4.79 Å². The summed E-state index contributed by atoms with van der Waals surface area (Å²) in [6.45, 7) is 5.53. The van der Waals surface area contributed by atoms with Crippen LogP contribution in [0.15, 0.2) is 41.3 Å². The van der Waals surface area contributed by atoms with Crippen molar-refractivity contribution in [2.45, 2.75) is 23.8 Å². The fourth-order valence-electron chi connectivity index (χ4n) is 1.63. The minimum absolute atomic E-state index is 0.251. The molecule has 0 saturated heterocycles. The van der Waals surface area contributed by atoms with Crippen molar-refractivity contribution in [1.82, 2.24) is 10.2 Å². The molecule has 2 aromatic rings. The predicted molar refractivity (Wildman–Crippen MR) is 95.6 cm³/mol. The van der Waals surface area contributed by atoms with Crippen LogP contribution in [0.3, 0.4) is 0 Å². The second kappa shape index (κ2) is 8.90. The zero-order valence-electron chi connectivity index (χ0n) is 12.5. The van der Waals surface area contributed by atoms with Crippen LogP contribution in [0.4, 0.5) is 5.13 Å². The lowest BCUT2D eigenvalue weighted by atomic mass is 10.2. The van der Waals surface area contributed by atoms with E-state index in [1.807, 2.05) is 6.92 Å². The number of aromatic nitrogens is 2. The van der Waals surface area contributed by atoms with Gasteiger partial charge in [-0.05, 0) is 30.7 Å². The summed E-state index contributed by atoms with van der Waals surface area (Å²) in [5.74, 6) is 1.09. The first-order valence-corrected chi connectivity index (χ1v) is 9.10. The highest BCUT2D eigenvalue weighted by molar-refractivity contribution is 8.01. The first-order valence-electron chi connectivity index (χ1n) is 6.92. The topological polar surface area (TPSA) is 64.1 Å². The molecule has 1 aromatic carbocycles.